The highest BCUT2D eigenvalue weighted by Gasteiger charge is 2.65. The second-order valence-corrected chi connectivity index (χ2v) is 6.17. The molecule has 0 amide bonds. The van der Waals surface area contributed by atoms with E-state index in [4.69, 9.17) is 17.3 Å². The van der Waals surface area contributed by atoms with Crippen LogP contribution in [-0.2, 0) is 0 Å². The molecule has 1 atom stereocenters. The van der Waals surface area contributed by atoms with Crippen LogP contribution in [0.2, 0.25) is 5.02 Å². The van der Waals surface area contributed by atoms with Gasteiger partial charge in [0.1, 0.15) is 11.1 Å². The first-order chi connectivity index (χ1) is 7.35. The van der Waals surface area contributed by atoms with Crippen molar-refractivity contribution in [3.8, 4) is 0 Å². The van der Waals surface area contributed by atoms with E-state index in [1.165, 1.54) is 0 Å². The van der Waals surface area contributed by atoms with Gasteiger partial charge in [-0.05, 0) is 18.2 Å². The third-order valence-corrected chi connectivity index (χ3v) is 3.45. The van der Waals surface area contributed by atoms with Crippen molar-refractivity contribution < 1.29 is 23.8 Å². The van der Waals surface area contributed by atoms with Crippen LogP contribution < -0.4 is 5.73 Å². The lowest BCUT2D eigenvalue weighted by Gasteiger charge is -2.40. The van der Waals surface area contributed by atoms with E-state index in [1.54, 1.807) is 0 Å². The summed E-state index contributed by atoms with van der Waals surface area (Å²) in [6.07, 6.45) is -2.03. The molecule has 0 radical (unpaired) electrons. The first-order valence-corrected chi connectivity index (χ1v) is 6.56. The number of hydrogen-bond donors (Lipinski definition) is 1. The lowest BCUT2D eigenvalue weighted by Crippen LogP contribution is -2.11. The Kier molecular flexibility index (Phi) is 2.94. The van der Waals surface area contributed by atoms with Crippen molar-refractivity contribution in [3.05, 3.63) is 28.8 Å². The standard InChI is InChI=1S/C8H8ClF6NS/c9-7-2-1-5(17(11,12,13,14)15)3-6(7)8(10)4-16/h1-3,8H,4,16H2. The summed E-state index contributed by atoms with van der Waals surface area (Å²) in [5.74, 6) is 0. The Bertz CT molecular complexity index is 444. The molecule has 17 heavy (non-hydrogen) atoms. The van der Waals surface area contributed by atoms with E-state index in [0.717, 1.165) is 0 Å². The van der Waals surface area contributed by atoms with Crippen LogP contribution in [0.1, 0.15) is 11.7 Å². The number of nitrogens with two attached hydrogens (primary N) is 1. The van der Waals surface area contributed by atoms with Crippen LogP contribution in [0, 0.1) is 0 Å². The van der Waals surface area contributed by atoms with Gasteiger partial charge in [0, 0.05) is 17.1 Å². The highest BCUT2D eigenvalue weighted by Crippen LogP contribution is 3.02. The molecule has 1 aromatic carbocycles. The average molecular weight is 300 g/mol. The molecule has 1 rings (SSSR count). The lowest BCUT2D eigenvalue weighted by molar-refractivity contribution is 0.349. The third-order valence-electron chi connectivity index (χ3n) is 1.96. The summed E-state index contributed by atoms with van der Waals surface area (Å²) in [6, 6.07) is 0.699. The predicted molar refractivity (Wildman–Crippen MR) is 55.8 cm³/mol. The van der Waals surface area contributed by atoms with Crippen LogP contribution in [0.5, 0.6) is 0 Å². The van der Waals surface area contributed by atoms with E-state index in [0.29, 0.717) is 6.07 Å². The van der Waals surface area contributed by atoms with Gasteiger partial charge in [-0.3, -0.25) is 0 Å². The maximum absolute atomic E-state index is 13.1. The number of rotatable bonds is 3. The molecule has 0 saturated heterocycles. The number of hydrogen-bond acceptors (Lipinski definition) is 1. The van der Waals surface area contributed by atoms with Gasteiger partial charge in [-0.2, -0.15) is 0 Å². The number of alkyl halides is 1. The van der Waals surface area contributed by atoms with Crippen molar-refractivity contribution in [3.63, 3.8) is 0 Å². The third kappa shape index (κ3) is 3.43. The van der Waals surface area contributed by atoms with E-state index in [2.05, 4.69) is 0 Å². The molecule has 0 aliphatic rings. The molecule has 0 aliphatic carbocycles. The minimum atomic E-state index is -9.82. The van der Waals surface area contributed by atoms with Gasteiger partial charge in [0.2, 0.25) is 0 Å². The summed E-state index contributed by atoms with van der Waals surface area (Å²) in [7, 11) is -9.82. The largest absolute Gasteiger partial charge is 0.327 e. The summed E-state index contributed by atoms with van der Waals surface area (Å²) < 4.78 is 75.3. The second-order valence-electron chi connectivity index (χ2n) is 3.36. The monoisotopic (exact) mass is 299 g/mol. The van der Waals surface area contributed by atoms with Crippen molar-refractivity contribution >= 4 is 21.8 Å². The van der Waals surface area contributed by atoms with E-state index in [9.17, 15) is 23.8 Å². The predicted octanol–water partition coefficient (Wildman–Crippen LogP) is 4.97. The zero-order valence-corrected chi connectivity index (χ0v) is 9.72. The SMILES string of the molecule is NCC(F)c1cc(S(F)(F)(F)(F)F)ccc1Cl. The summed E-state index contributed by atoms with van der Waals surface area (Å²) >= 11 is 5.42. The molecular weight excluding hydrogens is 292 g/mol. The van der Waals surface area contributed by atoms with E-state index in [-0.39, 0.29) is 17.2 Å². The van der Waals surface area contributed by atoms with Crippen molar-refractivity contribution in [1.29, 1.82) is 0 Å². The summed E-state index contributed by atoms with van der Waals surface area (Å²) in [4.78, 5) is -2.18. The van der Waals surface area contributed by atoms with Crippen LogP contribution in [0.15, 0.2) is 23.1 Å². The number of benzene rings is 1. The minimum absolute atomic E-state index is 0.00140. The van der Waals surface area contributed by atoms with Gasteiger partial charge in [0.15, 0.2) is 0 Å². The molecule has 0 aliphatic heterocycles. The quantitative estimate of drug-likeness (QED) is 0.784. The molecule has 0 bridgehead atoms. The van der Waals surface area contributed by atoms with Gasteiger partial charge in [0.25, 0.3) is 0 Å². The molecule has 0 fully saturated rings. The van der Waals surface area contributed by atoms with Gasteiger partial charge >= 0.3 is 10.2 Å². The molecular formula is C8H8ClF6NS. The van der Waals surface area contributed by atoms with E-state index < -0.39 is 33.4 Å². The zero-order valence-electron chi connectivity index (χ0n) is 8.15. The molecule has 1 aromatic rings. The highest BCUT2D eigenvalue weighted by molar-refractivity contribution is 8.45. The maximum atomic E-state index is 13.1. The Labute approximate surface area is 98.3 Å². The molecule has 0 heterocycles. The van der Waals surface area contributed by atoms with E-state index in [1.807, 2.05) is 0 Å². The first kappa shape index (κ1) is 14.5. The number of halogens is 7. The van der Waals surface area contributed by atoms with Gasteiger partial charge in [-0.1, -0.05) is 31.0 Å². The fraction of sp³-hybridized carbons (Fsp3) is 0.250. The minimum Gasteiger partial charge on any atom is -0.327 e. The molecule has 0 aromatic heterocycles. The van der Waals surface area contributed by atoms with Gasteiger partial charge in [-0.25, -0.2) is 4.39 Å². The summed E-state index contributed by atoms with van der Waals surface area (Å²) in [6.45, 7) is -0.649. The molecule has 1 unspecified atom stereocenters. The van der Waals surface area contributed by atoms with Crippen LogP contribution in [0.25, 0.3) is 0 Å². The van der Waals surface area contributed by atoms with Crippen molar-refractivity contribution in [2.75, 3.05) is 6.54 Å². The first-order valence-electron chi connectivity index (χ1n) is 4.23. The molecule has 0 spiro atoms. The Morgan fingerprint density at radius 3 is 2.12 bits per heavy atom. The Hall–Kier alpha value is -0.600. The zero-order chi connectivity index (χ0) is 13.5. The Morgan fingerprint density at radius 2 is 1.71 bits per heavy atom. The topological polar surface area (TPSA) is 26.0 Å². The van der Waals surface area contributed by atoms with Crippen molar-refractivity contribution in [2.45, 2.75) is 11.1 Å². The van der Waals surface area contributed by atoms with Crippen LogP contribution in [0.3, 0.4) is 0 Å². The van der Waals surface area contributed by atoms with Gasteiger partial charge in [0.05, 0.1) is 0 Å². The Balaban J connectivity index is 3.43. The lowest BCUT2D eigenvalue weighted by atomic mass is 10.1. The van der Waals surface area contributed by atoms with Crippen LogP contribution in [-0.4, -0.2) is 6.54 Å². The fourth-order valence-electron chi connectivity index (χ4n) is 1.13. The van der Waals surface area contributed by atoms with Crippen LogP contribution >= 0.6 is 21.8 Å². The van der Waals surface area contributed by atoms with E-state index >= 15 is 0 Å². The van der Waals surface area contributed by atoms with Crippen molar-refractivity contribution in [2.24, 2.45) is 5.73 Å². The Morgan fingerprint density at radius 1 is 1.18 bits per heavy atom. The average Bonchev–Trinajstić information content (AvgIpc) is 2.13. The van der Waals surface area contributed by atoms with Crippen molar-refractivity contribution in [1.82, 2.24) is 0 Å². The molecule has 2 N–H and O–H groups in total. The molecule has 9 heteroatoms. The summed E-state index contributed by atoms with van der Waals surface area (Å²) in [5, 5.41) is -0.381. The molecule has 1 nitrogen and oxygen atoms in total. The van der Waals surface area contributed by atoms with Crippen LogP contribution in [0.4, 0.5) is 23.8 Å². The molecule has 100 valence electrons. The fourth-order valence-corrected chi connectivity index (χ4v) is 2.04. The van der Waals surface area contributed by atoms with Gasteiger partial charge in [-0.15, -0.1) is 0 Å². The second kappa shape index (κ2) is 3.46. The van der Waals surface area contributed by atoms with Gasteiger partial charge < -0.3 is 5.73 Å². The smallest absolute Gasteiger partial charge is 0.310 e. The summed E-state index contributed by atoms with van der Waals surface area (Å²) in [5.41, 5.74) is 4.21. The molecule has 0 saturated carbocycles. The maximum Gasteiger partial charge on any atom is 0.310 e. The highest BCUT2D eigenvalue weighted by atomic mass is 35.5. The normalized spacial score (nSPS) is 18.4.